The highest BCUT2D eigenvalue weighted by atomic mass is 32.2. The Morgan fingerprint density at radius 3 is 2.05 bits per heavy atom. The summed E-state index contributed by atoms with van der Waals surface area (Å²) in [6.45, 7) is 7.66. The number of piperazine rings is 1. The molecule has 0 aromatic heterocycles. The molecule has 2 aliphatic rings. The van der Waals surface area contributed by atoms with Crippen LogP contribution in [0.5, 0.6) is 0 Å². The Balaban J connectivity index is 0.000000738. The molecule has 2 rings (SSSR count). The van der Waals surface area contributed by atoms with E-state index in [1.807, 2.05) is 4.90 Å². The van der Waals surface area contributed by atoms with Gasteiger partial charge in [0.15, 0.2) is 5.12 Å². The average molecular weight is 543 g/mol. The summed E-state index contributed by atoms with van der Waals surface area (Å²) in [5.41, 5.74) is 0. The van der Waals surface area contributed by atoms with E-state index in [-0.39, 0.29) is 17.1 Å². The van der Waals surface area contributed by atoms with Crippen LogP contribution in [0.3, 0.4) is 0 Å². The number of nitrogens with one attached hydrogen (secondary N) is 1. The first-order valence-corrected chi connectivity index (χ1v) is 13.8. The van der Waals surface area contributed by atoms with E-state index >= 15 is 0 Å². The molecule has 0 radical (unpaired) electrons. The normalized spacial score (nSPS) is 17.4. The van der Waals surface area contributed by atoms with Crippen molar-refractivity contribution >= 4 is 40.8 Å². The van der Waals surface area contributed by atoms with Crippen LogP contribution in [0.15, 0.2) is 12.2 Å². The van der Waals surface area contributed by atoms with Crippen molar-refractivity contribution in [3.63, 3.8) is 0 Å². The summed E-state index contributed by atoms with van der Waals surface area (Å²) in [6.07, 6.45) is 8.50. The molecule has 3 amide bonds. The Morgan fingerprint density at radius 1 is 0.973 bits per heavy atom. The lowest BCUT2D eigenvalue weighted by Crippen LogP contribution is -2.55. The molecule has 12 heteroatoms. The third kappa shape index (κ3) is 14.7. The van der Waals surface area contributed by atoms with Crippen LogP contribution in [0.25, 0.3) is 0 Å². The number of nitrogens with zero attached hydrogens (tertiary/aromatic N) is 3. The molecule has 0 unspecified atom stereocenters. The molecule has 1 saturated carbocycles. The summed E-state index contributed by atoms with van der Waals surface area (Å²) in [5.74, 6) is -1.26. The highest BCUT2D eigenvalue weighted by Gasteiger charge is 2.26. The minimum Gasteiger partial charge on any atom is -0.478 e. The lowest BCUT2D eigenvalue weighted by atomic mass is 9.87. The monoisotopic (exact) mass is 542 g/mol. The smallest absolute Gasteiger partial charge is 0.328 e. The molecule has 1 saturated heterocycles. The summed E-state index contributed by atoms with van der Waals surface area (Å²) in [6, 6.07) is -0.733. The first-order chi connectivity index (χ1) is 17.5. The number of hydrogen-bond donors (Lipinski definition) is 3. The van der Waals surface area contributed by atoms with Crippen molar-refractivity contribution in [2.45, 2.75) is 58.4 Å². The van der Waals surface area contributed by atoms with Gasteiger partial charge >= 0.3 is 18.0 Å². The molecule has 0 spiro atoms. The van der Waals surface area contributed by atoms with Gasteiger partial charge in [0, 0.05) is 64.1 Å². The third-order valence-corrected chi connectivity index (χ3v) is 7.17. The number of carbonyl (C=O) groups excluding carboxylic acids is 3. The van der Waals surface area contributed by atoms with Gasteiger partial charge in [-0.05, 0) is 26.3 Å². The van der Waals surface area contributed by atoms with E-state index in [0.29, 0.717) is 50.0 Å². The molecule has 0 aromatic carbocycles. The number of carboxylic acid groups (broad SMARTS) is 2. The zero-order valence-electron chi connectivity index (χ0n) is 22.2. The van der Waals surface area contributed by atoms with E-state index in [9.17, 15) is 24.0 Å². The highest BCUT2D eigenvalue weighted by molar-refractivity contribution is 8.13. The molecule has 3 N–H and O–H groups in total. The Kier molecular flexibility index (Phi) is 15.6. The first-order valence-electron chi connectivity index (χ1n) is 12.8. The summed E-state index contributed by atoms with van der Waals surface area (Å²) < 4.78 is 0. The molecule has 2 fully saturated rings. The van der Waals surface area contributed by atoms with Crippen molar-refractivity contribution in [2.24, 2.45) is 5.92 Å². The summed E-state index contributed by atoms with van der Waals surface area (Å²) in [7, 11) is 2.05. The Morgan fingerprint density at radius 2 is 1.54 bits per heavy atom. The highest BCUT2D eigenvalue weighted by Crippen LogP contribution is 2.26. The topological polar surface area (TPSA) is 148 Å². The van der Waals surface area contributed by atoms with E-state index < -0.39 is 18.0 Å². The van der Waals surface area contributed by atoms with Gasteiger partial charge in [0.2, 0.25) is 5.91 Å². The van der Waals surface area contributed by atoms with Crippen LogP contribution < -0.4 is 5.32 Å². The molecule has 210 valence electrons. The number of likely N-dealkylation sites (N-methyl/N-ethyl adjacent to an activating group) is 1. The summed E-state index contributed by atoms with van der Waals surface area (Å²) >= 11 is 1.25. The zero-order valence-corrected chi connectivity index (χ0v) is 23.0. The molecule has 1 aliphatic carbocycles. The van der Waals surface area contributed by atoms with Crippen molar-refractivity contribution in [2.75, 3.05) is 52.1 Å². The van der Waals surface area contributed by atoms with Crippen molar-refractivity contribution < 1.29 is 34.2 Å². The molecule has 0 bridgehead atoms. The Labute approximate surface area is 223 Å². The maximum atomic E-state index is 12.9. The molecule has 11 nitrogen and oxygen atoms in total. The van der Waals surface area contributed by atoms with E-state index in [1.165, 1.54) is 43.9 Å². The van der Waals surface area contributed by atoms with Crippen LogP contribution in [-0.4, -0.2) is 112 Å². The number of thioether (sulfide) groups is 1. The second-order valence-electron chi connectivity index (χ2n) is 9.43. The molecule has 1 atom stereocenters. The van der Waals surface area contributed by atoms with Crippen LogP contribution in [0.4, 0.5) is 4.79 Å². The largest absolute Gasteiger partial charge is 0.478 e. The predicted octanol–water partition coefficient (Wildman–Crippen LogP) is 2.12. The quantitative estimate of drug-likeness (QED) is 0.353. The summed E-state index contributed by atoms with van der Waals surface area (Å²) in [5, 5.41) is 18.6. The SMILES string of the molecule is CC(=O)SCCN(CCC1CCCCC1)C(=O)N[C@@H](C)C(=O)N1CCN(C)CC1.O=C(O)C=CC(=O)O. The van der Waals surface area contributed by atoms with E-state index in [1.54, 1.807) is 18.7 Å². The fourth-order valence-corrected chi connectivity index (χ4v) is 4.81. The second-order valence-corrected chi connectivity index (χ2v) is 10.7. The minimum atomic E-state index is -1.26. The zero-order chi connectivity index (χ0) is 27.8. The van der Waals surface area contributed by atoms with Gasteiger partial charge in [-0.2, -0.15) is 0 Å². The van der Waals surface area contributed by atoms with Gasteiger partial charge in [0.05, 0.1) is 0 Å². The molecular formula is C25H42N4O7S. The minimum absolute atomic E-state index is 0.0169. The van der Waals surface area contributed by atoms with Crippen LogP contribution in [0, 0.1) is 5.92 Å². The Bertz CT molecular complexity index is 778. The van der Waals surface area contributed by atoms with Crippen molar-refractivity contribution in [3.05, 3.63) is 12.2 Å². The van der Waals surface area contributed by atoms with Crippen molar-refractivity contribution in [3.8, 4) is 0 Å². The number of urea groups is 1. The fourth-order valence-electron chi connectivity index (χ4n) is 4.21. The van der Waals surface area contributed by atoms with Crippen LogP contribution in [0.1, 0.15) is 52.4 Å². The van der Waals surface area contributed by atoms with Crippen molar-refractivity contribution in [1.82, 2.24) is 20.0 Å². The third-order valence-electron chi connectivity index (χ3n) is 6.38. The maximum Gasteiger partial charge on any atom is 0.328 e. The molecule has 37 heavy (non-hydrogen) atoms. The standard InChI is InChI=1S/C21H38N4O3S.C4H4O4/c1-17(20(27)24-13-11-23(3)12-14-24)22-21(28)25(15-16-29-18(2)26)10-9-19-7-5-4-6-8-19;5-3(6)1-2-4(7)8/h17,19H,4-16H2,1-3H3,(H,22,28);1-2H,(H,5,6)(H,7,8)/t17-;/m0./s1. The van der Waals surface area contributed by atoms with Crippen LogP contribution in [0.2, 0.25) is 0 Å². The van der Waals surface area contributed by atoms with Gasteiger partial charge in [-0.1, -0.05) is 43.9 Å². The first kappa shape index (κ1) is 32.4. The number of aliphatic carboxylic acids is 2. The van der Waals surface area contributed by atoms with Gasteiger partial charge in [-0.15, -0.1) is 0 Å². The average Bonchev–Trinajstić information content (AvgIpc) is 2.85. The maximum absolute atomic E-state index is 12.9. The van der Waals surface area contributed by atoms with E-state index in [0.717, 1.165) is 19.5 Å². The lowest BCUT2D eigenvalue weighted by Gasteiger charge is -2.34. The van der Waals surface area contributed by atoms with E-state index in [4.69, 9.17) is 10.2 Å². The van der Waals surface area contributed by atoms with E-state index in [2.05, 4.69) is 17.3 Å². The fraction of sp³-hybridized carbons (Fsp3) is 0.720. The Hall–Kier alpha value is -2.60. The molecule has 1 aliphatic heterocycles. The molecular weight excluding hydrogens is 500 g/mol. The predicted molar refractivity (Wildman–Crippen MR) is 142 cm³/mol. The second kappa shape index (κ2) is 17.8. The number of hydrogen-bond acceptors (Lipinski definition) is 7. The molecule has 0 aromatic rings. The van der Waals surface area contributed by atoms with Gasteiger partial charge in [-0.25, -0.2) is 14.4 Å². The van der Waals surface area contributed by atoms with Crippen LogP contribution in [-0.2, 0) is 19.2 Å². The van der Waals surface area contributed by atoms with Crippen molar-refractivity contribution in [1.29, 1.82) is 0 Å². The van der Waals surface area contributed by atoms with Gasteiger partial charge in [0.1, 0.15) is 6.04 Å². The lowest BCUT2D eigenvalue weighted by molar-refractivity contribution is -0.134. The van der Waals surface area contributed by atoms with Gasteiger partial charge in [0.25, 0.3) is 0 Å². The number of rotatable bonds is 10. The summed E-state index contributed by atoms with van der Waals surface area (Å²) in [4.78, 5) is 61.8. The molecule has 1 heterocycles. The number of amides is 3. The number of carbonyl (C=O) groups is 5. The number of carboxylic acids is 2. The van der Waals surface area contributed by atoms with Gasteiger partial charge in [-0.3, -0.25) is 9.59 Å². The van der Waals surface area contributed by atoms with Gasteiger partial charge < -0.3 is 30.2 Å². The van der Waals surface area contributed by atoms with Crippen LogP contribution >= 0.6 is 11.8 Å².